The summed E-state index contributed by atoms with van der Waals surface area (Å²) in [6.45, 7) is 5.12. The summed E-state index contributed by atoms with van der Waals surface area (Å²) in [6.07, 6.45) is 1.82. The Labute approximate surface area is 93.4 Å². The highest BCUT2D eigenvalue weighted by molar-refractivity contribution is 9.10. The van der Waals surface area contributed by atoms with Crippen molar-refractivity contribution in [3.8, 4) is 0 Å². The summed E-state index contributed by atoms with van der Waals surface area (Å²) in [6, 6.07) is 2.53. The molecule has 0 atom stereocenters. The Balaban J connectivity index is 2.73. The topological polar surface area (TPSA) is 37.0 Å². The molecule has 0 aromatic carbocycles. The Kier molecular flexibility index (Phi) is 4.35. The van der Waals surface area contributed by atoms with Crippen LogP contribution in [0.1, 0.15) is 19.4 Å². The molecule has 4 heteroatoms. The second-order valence-electron chi connectivity index (χ2n) is 3.45. The summed E-state index contributed by atoms with van der Waals surface area (Å²) >= 11 is 3.48. The first-order valence-corrected chi connectivity index (χ1v) is 5.48. The molecule has 0 spiro atoms. The molecule has 0 aliphatic carbocycles. The van der Waals surface area contributed by atoms with E-state index >= 15 is 0 Å². The van der Waals surface area contributed by atoms with Gasteiger partial charge in [0.15, 0.2) is 0 Å². The van der Waals surface area contributed by atoms with E-state index in [0.717, 1.165) is 16.8 Å². The number of rotatable bonds is 4. The summed E-state index contributed by atoms with van der Waals surface area (Å²) in [5.41, 5.74) is 1.22. The molecule has 0 amide bonds. The fourth-order valence-electron chi connectivity index (χ4n) is 1.07. The van der Waals surface area contributed by atoms with Crippen LogP contribution in [0, 0.1) is 0 Å². The highest BCUT2D eigenvalue weighted by Gasteiger charge is 2.02. The summed E-state index contributed by atoms with van der Waals surface area (Å²) in [7, 11) is 1.87. The minimum absolute atomic E-state index is 0.494. The molecular weight excluding hydrogens is 242 g/mol. The number of nitrogens with one attached hydrogen (secondary N) is 2. The van der Waals surface area contributed by atoms with Crippen LogP contribution in [-0.4, -0.2) is 18.1 Å². The molecule has 1 aromatic heterocycles. The summed E-state index contributed by atoms with van der Waals surface area (Å²) in [5, 5.41) is 6.39. The van der Waals surface area contributed by atoms with Gasteiger partial charge < -0.3 is 10.6 Å². The van der Waals surface area contributed by atoms with Gasteiger partial charge in [-0.3, -0.25) is 0 Å². The predicted octanol–water partition coefficient (Wildman–Crippen LogP) is 2.38. The first-order valence-electron chi connectivity index (χ1n) is 4.69. The van der Waals surface area contributed by atoms with Crippen LogP contribution in [0.25, 0.3) is 0 Å². The fourth-order valence-corrected chi connectivity index (χ4v) is 1.42. The Morgan fingerprint density at radius 2 is 2.21 bits per heavy atom. The van der Waals surface area contributed by atoms with Gasteiger partial charge in [-0.2, -0.15) is 0 Å². The van der Waals surface area contributed by atoms with Crippen LogP contribution < -0.4 is 10.6 Å². The molecule has 0 saturated carbocycles. The van der Waals surface area contributed by atoms with Gasteiger partial charge in [-0.25, -0.2) is 4.98 Å². The van der Waals surface area contributed by atoms with Gasteiger partial charge in [-0.05, 0) is 27.6 Å². The van der Waals surface area contributed by atoms with Crippen molar-refractivity contribution >= 4 is 21.7 Å². The second-order valence-corrected chi connectivity index (χ2v) is 4.30. The SMILES string of the molecule is CNc1cc(CNC(C)C)c(Br)cn1. The number of halogens is 1. The van der Waals surface area contributed by atoms with Gasteiger partial charge in [0.25, 0.3) is 0 Å². The number of anilines is 1. The number of aromatic nitrogens is 1. The van der Waals surface area contributed by atoms with E-state index in [0.29, 0.717) is 6.04 Å². The highest BCUT2D eigenvalue weighted by atomic mass is 79.9. The second kappa shape index (κ2) is 5.32. The van der Waals surface area contributed by atoms with E-state index in [1.165, 1.54) is 5.56 Å². The van der Waals surface area contributed by atoms with Crippen molar-refractivity contribution < 1.29 is 0 Å². The lowest BCUT2D eigenvalue weighted by atomic mass is 10.2. The van der Waals surface area contributed by atoms with Gasteiger partial charge in [-0.15, -0.1) is 0 Å². The van der Waals surface area contributed by atoms with Crippen molar-refractivity contribution in [2.24, 2.45) is 0 Å². The van der Waals surface area contributed by atoms with Crippen molar-refractivity contribution in [3.63, 3.8) is 0 Å². The minimum Gasteiger partial charge on any atom is -0.373 e. The molecule has 0 saturated heterocycles. The normalized spacial score (nSPS) is 10.6. The zero-order chi connectivity index (χ0) is 10.6. The molecule has 1 heterocycles. The summed E-state index contributed by atoms with van der Waals surface area (Å²) < 4.78 is 1.05. The van der Waals surface area contributed by atoms with Gasteiger partial charge in [0.2, 0.25) is 0 Å². The average Bonchev–Trinajstić information content (AvgIpc) is 2.16. The van der Waals surface area contributed by atoms with E-state index in [1.54, 1.807) is 0 Å². The largest absolute Gasteiger partial charge is 0.373 e. The third-order valence-corrected chi connectivity index (χ3v) is 2.61. The maximum Gasteiger partial charge on any atom is 0.126 e. The third kappa shape index (κ3) is 3.27. The van der Waals surface area contributed by atoms with E-state index in [4.69, 9.17) is 0 Å². The molecule has 1 aromatic rings. The third-order valence-electron chi connectivity index (χ3n) is 1.89. The number of hydrogen-bond donors (Lipinski definition) is 2. The van der Waals surface area contributed by atoms with E-state index in [1.807, 2.05) is 19.3 Å². The van der Waals surface area contributed by atoms with Crippen molar-refractivity contribution in [1.29, 1.82) is 0 Å². The van der Waals surface area contributed by atoms with Crippen molar-refractivity contribution in [1.82, 2.24) is 10.3 Å². The summed E-state index contributed by atoms with van der Waals surface area (Å²) in [5.74, 6) is 0.897. The molecular formula is C10H16BrN3. The molecule has 2 N–H and O–H groups in total. The smallest absolute Gasteiger partial charge is 0.126 e. The van der Waals surface area contributed by atoms with Crippen LogP contribution in [0.4, 0.5) is 5.82 Å². The molecule has 1 rings (SSSR count). The Bertz CT molecular complexity index is 299. The van der Waals surface area contributed by atoms with Gasteiger partial charge in [0.1, 0.15) is 5.82 Å². The molecule has 0 aliphatic heterocycles. The molecule has 0 unspecified atom stereocenters. The first-order chi connectivity index (χ1) is 6.63. The molecule has 14 heavy (non-hydrogen) atoms. The van der Waals surface area contributed by atoms with Crippen LogP contribution in [-0.2, 0) is 6.54 Å². The van der Waals surface area contributed by atoms with Gasteiger partial charge in [0, 0.05) is 30.3 Å². The average molecular weight is 258 g/mol. The zero-order valence-electron chi connectivity index (χ0n) is 8.76. The molecule has 0 radical (unpaired) electrons. The lowest BCUT2D eigenvalue weighted by molar-refractivity contribution is 0.587. The first kappa shape index (κ1) is 11.5. The highest BCUT2D eigenvalue weighted by Crippen LogP contribution is 2.18. The van der Waals surface area contributed by atoms with Gasteiger partial charge >= 0.3 is 0 Å². The van der Waals surface area contributed by atoms with Crippen LogP contribution in [0.3, 0.4) is 0 Å². The van der Waals surface area contributed by atoms with Gasteiger partial charge in [-0.1, -0.05) is 13.8 Å². The van der Waals surface area contributed by atoms with Crippen LogP contribution in [0.15, 0.2) is 16.7 Å². The summed E-state index contributed by atoms with van der Waals surface area (Å²) in [4.78, 5) is 4.20. The van der Waals surface area contributed by atoms with Gasteiger partial charge in [0.05, 0.1) is 0 Å². The van der Waals surface area contributed by atoms with Crippen molar-refractivity contribution in [2.45, 2.75) is 26.4 Å². The minimum atomic E-state index is 0.494. The number of hydrogen-bond acceptors (Lipinski definition) is 3. The Morgan fingerprint density at radius 3 is 2.79 bits per heavy atom. The maximum absolute atomic E-state index is 4.20. The van der Waals surface area contributed by atoms with E-state index in [9.17, 15) is 0 Å². The van der Waals surface area contributed by atoms with Crippen molar-refractivity contribution in [2.75, 3.05) is 12.4 Å². The Morgan fingerprint density at radius 1 is 1.50 bits per heavy atom. The Hall–Kier alpha value is -0.610. The molecule has 3 nitrogen and oxygen atoms in total. The monoisotopic (exact) mass is 257 g/mol. The quantitative estimate of drug-likeness (QED) is 0.870. The predicted molar refractivity (Wildman–Crippen MR) is 63.5 cm³/mol. The lowest BCUT2D eigenvalue weighted by Crippen LogP contribution is -2.22. The van der Waals surface area contributed by atoms with E-state index in [-0.39, 0.29) is 0 Å². The van der Waals surface area contributed by atoms with Crippen LogP contribution in [0.5, 0.6) is 0 Å². The van der Waals surface area contributed by atoms with Crippen molar-refractivity contribution in [3.05, 3.63) is 22.3 Å². The maximum atomic E-state index is 4.20. The number of pyridine rings is 1. The van der Waals surface area contributed by atoms with E-state index < -0.39 is 0 Å². The van der Waals surface area contributed by atoms with Crippen LogP contribution in [0.2, 0.25) is 0 Å². The zero-order valence-corrected chi connectivity index (χ0v) is 10.4. The number of nitrogens with zero attached hydrogens (tertiary/aromatic N) is 1. The molecule has 0 bridgehead atoms. The standard InChI is InChI=1S/C10H16BrN3/c1-7(2)13-5-8-4-10(12-3)14-6-9(8)11/h4,6-7,13H,5H2,1-3H3,(H,12,14). The lowest BCUT2D eigenvalue weighted by Gasteiger charge is -2.10. The molecule has 78 valence electrons. The van der Waals surface area contributed by atoms with E-state index in [2.05, 4.69) is 45.4 Å². The fraction of sp³-hybridized carbons (Fsp3) is 0.500. The molecule has 0 aliphatic rings. The van der Waals surface area contributed by atoms with Crippen LogP contribution >= 0.6 is 15.9 Å². The molecule has 0 fully saturated rings.